The van der Waals surface area contributed by atoms with Gasteiger partial charge in [-0.3, -0.25) is 20.4 Å². The molecule has 0 spiro atoms. The van der Waals surface area contributed by atoms with Crippen LogP contribution in [0, 0.1) is 0 Å². The highest BCUT2D eigenvalue weighted by molar-refractivity contribution is 5.95. The smallest absolute Gasteiger partial charge is 0.269 e. The summed E-state index contributed by atoms with van der Waals surface area (Å²) in [4.78, 5) is 23.9. The molecule has 0 radical (unpaired) electrons. The summed E-state index contributed by atoms with van der Waals surface area (Å²) in [6.07, 6.45) is 0. The van der Waals surface area contributed by atoms with E-state index >= 15 is 0 Å². The zero-order valence-corrected chi connectivity index (χ0v) is 14.5. The van der Waals surface area contributed by atoms with Crippen LogP contribution in [-0.2, 0) is 4.79 Å². The molecule has 1 atom stereocenters. The summed E-state index contributed by atoms with van der Waals surface area (Å²) in [7, 11) is 0. The van der Waals surface area contributed by atoms with Gasteiger partial charge in [-0.15, -0.1) is 0 Å². The first-order chi connectivity index (χ1) is 12.6. The van der Waals surface area contributed by atoms with Crippen molar-refractivity contribution in [3.8, 4) is 0 Å². The number of hydrogen-bond acceptors (Lipinski definition) is 3. The van der Waals surface area contributed by atoms with Crippen LogP contribution >= 0.6 is 0 Å². The fourth-order valence-corrected chi connectivity index (χ4v) is 2.82. The first-order valence-corrected chi connectivity index (χ1v) is 8.50. The molecule has 0 fully saturated rings. The molecule has 0 aliphatic rings. The van der Waals surface area contributed by atoms with Gasteiger partial charge in [0.25, 0.3) is 11.8 Å². The van der Waals surface area contributed by atoms with Crippen LogP contribution in [0.3, 0.4) is 0 Å². The summed E-state index contributed by atoms with van der Waals surface area (Å²) in [5.74, 6) is -0.651. The fourth-order valence-electron chi connectivity index (χ4n) is 2.82. The van der Waals surface area contributed by atoms with Gasteiger partial charge in [-0.2, -0.15) is 0 Å². The Balaban J connectivity index is 1.53. The SMILES string of the molecule is C[C@@H](NCC(=O)NNC(=O)c1ccccc1)c1cccc2ccccc12. The first-order valence-electron chi connectivity index (χ1n) is 8.50. The third kappa shape index (κ3) is 4.26. The summed E-state index contributed by atoms with van der Waals surface area (Å²) in [6, 6.07) is 23.0. The van der Waals surface area contributed by atoms with Crippen molar-refractivity contribution in [3.63, 3.8) is 0 Å². The van der Waals surface area contributed by atoms with E-state index in [0.29, 0.717) is 5.56 Å². The molecule has 0 aromatic heterocycles. The van der Waals surface area contributed by atoms with Crippen LogP contribution in [0.2, 0.25) is 0 Å². The molecule has 26 heavy (non-hydrogen) atoms. The maximum Gasteiger partial charge on any atom is 0.269 e. The van der Waals surface area contributed by atoms with Gasteiger partial charge in [0, 0.05) is 11.6 Å². The van der Waals surface area contributed by atoms with Crippen LogP contribution in [0.15, 0.2) is 72.8 Å². The van der Waals surface area contributed by atoms with Crippen LogP contribution in [0.5, 0.6) is 0 Å². The highest BCUT2D eigenvalue weighted by Gasteiger charge is 2.11. The molecule has 0 aliphatic carbocycles. The van der Waals surface area contributed by atoms with E-state index in [1.807, 2.05) is 31.2 Å². The minimum atomic E-state index is -0.346. The summed E-state index contributed by atoms with van der Waals surface area (Å²) >= 11 is 0. The molecule has 0 heterocycles. The number of fused-ring (bicyclic) bond motifs is 1. The fraction of sp³-hybridized carbons (Fsp3) is 0.143. The predicted octanol–water partition coefficient (Wildman–Crippen LogP) is 2.95. The quantitative estimate of drug-likeness (QED) is 0.622. The van der Waals surface area contributed by atoms with Gasteiger partial charge in [0.1, 0.15) is 0 Å². The Kier molecular flexibility index (Phi) is 5.61. The van der Waals surface area contributed by atoms with Crippen molar-refractivity contribution in [1.82, 2.24) is 16.2 Å². The molecule has 0 aliphatic heterocycles. The Hall–Kier alpha value is -3.18. The maximum atomic E-state index is 12.0. The molecule has 0 saturated carbocycles. The van der Waals surface area contributed by atoms with E-state index < -0.39 is 0 Å². The standard InChI is InChI=1S/C21H21N3O2/c1-15(18-13-7-11-16-8-5-6-12-19(16)18)22-14-20(25)23-24-21(26)17-9-3-2-4-10-17/h2-13,15,22H,14H2,1H3,(H,23,25)(H,24,26)/t15-/m1/s1. The van der Waals surface area contributed by atoms with Crippen molar-refractivity contribution < 1.29 is 9.59 Å². The summed E-state index contributed by atoms with van der Waals surface area (Å²) < 4.78 is 0. The van der Waals surface area contributed by atoms with Crippen LogP contribution in [0.25, 0.3) is 10.8 Å². The average Bonchev–Trinajstić information content (AvgIpc) is 2.70. The van der Waals surface area contributed by atoms with E-state index in [1.165, 1.54) is 5.39 Å². The van der Waals surface area contributed by atoms with Crippen molar-refractivity contribution in [1.29, 1.82) is 0 Å². The molecule has 3 aromatic rings. The molecule has 0 unspecified atom stereocenters. The molecule has 2 amide bonds. The lowest BCUT2D eigenvalue weighted by atomic mass is 10.00. The number of amides is 2. The van der Waals surface area contributed by atoms with Gasteiger partial charge in [0.05, 0.1) is 6.54 Å². The molecule has 132 valence electrons. The van der Waals surface area contributed by atoms with E-state index in [1.54, 1.807) is 24.3 Å². The second kappa shape index (κ2) is 8.27. The lowest BCUT2D eigenvalue weighted by Crippen LogP contribution is -2.45. The van der Waals surface area contributed by atoms with Gasteiger partial charge < -0.3 is 5.32 Å². The Morgan fingerprint density at radius 2 is 1.54 bits per heavy atom. The Labute approximate surface area is 152 Å². The minimum Gasteiger partial charge on any atom is -0.302 e. The molecule has 5 nitrogen and oxygen atoms in total. The van der Waals surface area contributed by atoms with Crippen molar-refractivity contribution in [3.05, 3.63) is 83.9 Å². The largest absolute Gasteiger partial charge is 0.302 e. The van der Waals surface area contributed by atoms with E-state index in [4.69, 9.17) is 0 Å². The summed E-state index contributed by atoms with van der Waals surface area (Å²) in [6.45, 7) is 2.11. The van der Waals surface area contributed by atoms with Gasteiger partial charge in [0.15, 0.2) is 0 Å². The second-order valence-electron chi connectivity index (χ2n) is 6.04. The zero-order valence-electron chi connectivity index (χ0n) is 14.5. The summed E-state index contributed by atoms with van der Waals surface area (Å²) in [5, 5.41) is 5.52. The van der Waals surface area contributed by atoms with Crippen molar-refractivity contribution in [2.45, 2.75) is 13.0 Å². The van der Waals surface area contributed by atoms with Gasteiger partial charge in [-0.25, -0.2) is 0 Å². The molecule has 5 heteroatoms. The minimum absolute atomic E-state index is 0.00308. The number of carbonyl (C=O) groups excluding carboxylic acids is 2. The van der Waals surface area contributed by atoms with Gasteiger partial charge >= 0.3 is 0 Å². The average molecular weight is 347 g/mol. The predicted molar refractivity (Wildman–Crippen MR) is 102 cm³/mol. The van der Waals surface area contributed by atoms with Crippen molar-refractivity contribution in [2.75, 3.05) is 6.54 Å². The zero-order chi connectivity index (χ0) is 18.4. The highest BCUT2D eigenvalue weighted by atomic mass is 16.2. The van der Waals surface area contributed by atoms with Gasteiger partial charge in [-0.05, 0) is 35.4 Å². The Bertz CT molecular complexity index is 904. The molecule has 3 rings (SSSR count). The molecule has 3 aromatic carbocycles. The van der Waals surface area contributed by atoms with Crippen LogP contribution in [0.4, 0.5) is 0 Å². The molecule has 0 saturated heterocycles. The monoisotopic (exact) mass is 347 g/mol. The second-order valence-corrected chi connectivity index (χ2v) is 6.04. The highest BCUT2D eigenvalue weighted by Crippen LogP contribution is 2.23. The molecular weight excluding hydrogens is 326 g/mol. The summed E-state index contributed by atoms with van der Waals surface area (Å²) in [5.41, 5.74) is 6.46. The van der Waals surface area contributed by atoms with Crippen molar-refractivity contribution in [2.24, 2.45) is 0 Å². The topological polar surface area (TPSA) is 70.2 Å². The third-order valence-electron chi connectivity index (χ3n) is 4.21. The number of hydrogen-bond donors (Lipinski definition) is 3. The van der Waals surface area contributed by atoms with E-state index in [0.717, 1.165) is 10.9 Å². The number of benzene rings is 3. The van der Waals surface area contributed by atoms with Crippen LogP contribution < -0.4 is 16.2 Å². The van der Waals surface area contributed by atoms with Gasteiger partial charge in [-0.1, -0.05) is 60.7 Å². The number of rotatable bonds is 5. The molecule has 0 bridgehead atoms. The Morgan fingerprint density at radius 3 is 2.35 bits per heavy atom. The number of carbonyl (C=O) groups is 2. The number of nitrogens with one attached hydrogen (secondary N) is 3. The van der Waals surface area contributed by atoms with Crippen LogP contribution in [0.1, 0.15) is 28.9 Å². The molecular formula is C21H21N3O2. The Morgan fingerprint density at radius 1 is 0.846 bits per heavy atom. The van der Waals surface area contributed by atoms with Crippen molar-refractivity contribution >= 4 is 22.6 Å². The lowest BCUT2D eigenvalue weighted by molar-refractivity contribution is -0.121. The van der Waals surface area contributed by atoms with Gasteiger partial charge in [0.2, 0.25) is 0 Å². The lowest BCUT2D eigenvalue weighted by Gasteiger charge is -2.16. The first kappa shape index (κ1) is 17.6. The van der Waals surface area contributed by atoms with E-state index in [9.17, 15) is 9.59 Å². The van der Waals surface area contributed by atoms with E-state index in [-0.39, 0.29) is 24.4 Å². The third-order valence-corrected chi connectivity index (χ3v) is 4.21. The van der Waals surface area contributed by atoms with E-state index in [2.05, 4.69) is 40.4 Å². The number of hydrazine groups is 1. The van der Waals surface area contributed by atoms with Crippen LogP contribution in [-0.4, -0.2) is 18.4 Å². The normalized spacial score (nSPS) is 11.7. The maximum absolute atomic E-state index is 12.0. The molecule has 3 N–H and O–H groups in total.